The van der Waals surface area contributed by atoms with Gasteiger partial charge in [0.2, 0.25) is 11.9 Å². The van der Waals surface area contributed by atoms with Crippen molar-refractivity contribution in [1.29, 1.82) is 0 Å². The summed E-state index contributed by atoms with van der Waals surface area (Å²) in [6, 6.07) is 6.63. The van der Waals surface area contributed by atoms with Gasteiger partial charge in [-0.3, -0.25) is 14.3 Å². The van der Waals surface area contributed by atoms with Crippen molar-refractivity contribution in [3.8, 4) is 5.75 Å². The van der Waals surface area contributed by atoms with Gasteiger partial charge in [0.25, 0.3) is 10.0 Å². The van der Waals surface area contributed by atoms with Crippen LogP contribution in [0.2, 0.25) is 0 Å². The molecule has 2 aromatic rings. The summed E-state index contributed by atoms with van der Waals surface area (Å²) in [5.41, 5.74) is 10.7. The van der Waals surface area contributed by atoms with Crippen LogP contribution in [0.4, 0.5) is 18.9 Å². The summed E-state index contributed by atoms with van der Waals surface area (Å²) in [7, 11) is -3.11. The molecule has 0 spiro atoms. The number of carbonyl (C=O) groups excluding carboxylic acids is 2. The maximum Gasteiger partial charge on any atom is 0.493 e. The van der Waals surface area contributed by atoms with Crippen molar-refractivity contribution in [1.82, 2.24) is 4.73 Å². The fourth-order valence-electron chi connectivity index (χ4n) is 2.94. The number of oxime groups is 1. The Morgan fingerprint density at radius 1 is 1.08 bits per heavy atom. The molecule has 0 aliphatic rings. The molecule has 38 heavy (non-hydrogen) atoms. The number of benzene rings is 1. The number of nitrogens with one attached hydrogen (secondary N) is 1. The maximum absolute atomic E-state index is 13.1. The van der Waals surface area contributed by atoms with E-state index in [1.54, 1.807) is 0 Å². The van der Waals surface area contributed by atoms with Crippen LogP contribution in [0, 0.1) is 0 Å². The number of aromatic nitrogens is 1. The van der Waals surface area contributed by atoms with Gasteiger partial charge in [-0.15, -0.1) is 4.73 Å². The van der Waals surface area contributed by atoms with Crippen LogP contribution in [0.15, 0.2) is 51.2 Å². The molecule has 1 aromatic carbocycles. The summed E-state index contributed by atoms with van der Waals surface area (Å²) < 4.78 is 71.1. The third-order valence-electron chi connectivity index (χ3n) is 5.03. The van der Waals surface area contributed by atoms with Crippen LogP contribution in [0.5, 0.6) is 5.75 Å². The number of pyridine rings is 1. The van der Waals surface area contributed by atoms with E-state index in [9.17, 15) is 36.0 Å². The van der Waals surface area contributed by atoms with Crippen molar-refractivity contribution < 1.29 is 45.6 Å². The highest BCUT2D eigenvalue weighted by molar-refractivity contribution is 7.92. The predicted octanol–water partition coefficient (Wildman–Crippen LogP) is -0.487. The fourth-order valence-corrected chi connectivity index (χ4v) is 3.99. The van der Waals surface area contributed by atoms with Crippen molar-refractivity contribution in [2.24, 2.45) is 22.4 Å². The predicted molar refractivity (Wildman–Crippen MR) is 125 cm³/mol. The Hall–Kier alpha value is -4.48. The molecule has 14 nitrogen and oxygen atoms in total. The Morgan fingerprint density at radius 2 is 1.68 bits per heavy atom. The molecule has 2 rings (SSSR count). The van der Waals surface area contributed by atoms with Crippen molar-refractivity contribution in [3.63, 3.8) is 0 Å². The van der Waals surface area contributed by atoms with Gasteiger partial charge in [-0.25, -0.2) is 13.2 Å². The van der Waals surface area contributed by atoms with Gasteiger partial charge in [-0.2, -0.15) is 13.2 Å². The molecule has 1 unspecified atom stereocenters. The lowest BCUT2D eigenvalue weighted by Gasteiger charge is -2.28. The molecule has 1 aromatic heterocycles. The first-order chi connectivity index (χ1) is 17.5. The molecule has 0 saturated heterocycles. The lowest BCUT2D eigenvalue weighted by molar-refractivity contribution is -0.200. The van der Waals surface area contributed by atoms with Crippen LogP contribution in [0.1, 0.15) is 19.0 Å². The van der Waals surface area contributed by atoms with Crippen LogP contribution >= 0.6 is 0 Å². The summed E-state index contributed by atoms with van der Waals surface area (Å²) in [5, 5.41) is 3.23. The number of halogens is 3. The summed E-state index contributed by atoms with van der Waals surface area (Å²) in [4.78, 5) is 45.7. The molecule has 0 radical (unpaired) electrons. The summed E-state index contributed by atoms with van der Waals surface area (Å²) >= 11 is 0. The maximum atomic E-state index is 13.1. The van der Waals surface area contributed by atoms with E-state index in [-0.39, 0.29) is 9.63 Å². The van der Waals surface area contributed by atoms with Crippen molar-refractivity contribution in [2.75, 3.05) is 18.4 Å². The number of carbonyl (C=O) groups is 2. The summed E-state index contributed by atoms with van der Waals surface area (Å²) in [5.74, 6) is -4.16. The molecule has 1 atom stereocenters. The number of hydrogen-bond donors (Lipinski definition) is 4. The highest BCUT2D eigenvalue weighted by Crippen LogP contribution is 2.28. The van der Waals surface area contributed by atoms with Crippen LogP contribution in [-0.2, 0) is 29.9 Å². The van der Waals surface area contributed by atoms with Gasteiger partial charge in [0.15, 0.2) is 0 Å². The SMILES string of the molecule is COc1ccc(S(=O)(=O)Nc2ccc(C(C)(CCON=C(N)N)C(N)=O)n(OC(=O)C(F)(F)F)c2=O)cc1. The van der Waals surface area contributed by atoms with E-state index in [0.29, 0.717) is 5.75 Å². The van der Waals surface area contributed by atoms with Crippen molar-refractivity contribution >= 4 is 33.5 Å². The monoisotopic (exact) mass is 564 g/mol. The number of primary amides is 1. The third kappa shape index (κ3) is 6.84. The molecular weight excluding hydrogens is 541 g/mol. The topological polar surface area (TPSA) is 220 Å². The second-order valence-corrected chi connectivity index (χ2v) is 9.37. The van der Waals surface area contributed by atoms with Gasteiger partial charge in [-0.05, 0) is 48.5 Å². The Bertz CT molecular complexity index is 1390. The molecule has 0 aliphatic heterocycles. The molecule has 208 valence electrons. The molecule has 0 fully saturated rings. The number of amides is 1. The number of rotatable bonds is 11. The number of anilines is 1. The number of guanidine groups is 1. The van der Waals surface area contributed by atoms with Crippen molar-refractivity contribution in [3.05, 3.63) is 52.4 Å². The van der Waals surface area contributed by atoms with E-state index < -0.39 is 69.4 Å². The van der Waals surface area contributed by atoms with E-state index in [0.717, 1.165) is 31.2 Å². The highest BCUT2D eigenvalue weighted by Gasteiger charge is 2.44. The number of ether oxygens (including phenoxy) is 1. The third-order valence-corrected chi connectivity index (χ3v) is 6.42. The van der Waals surface area contributed by atoms with Crippen LogP contribution in [-0.4, -0.2) is 50.9 Å². The number of nitrogens with zero attached hydrogens (tertiary/aromatic N) is 2. The molecule has 0 aliphatic carbocycles. The van der Waals surface area contributed by atoms with E-state index in [4.69, 9.17) is 26.8 Å². The zero-order valence-corrected chi connectivity index (χ0v) is 20.6. The number of nitrogens with two attached hydrogens (primary N) is 3. The number of methoxy groups -OCH3 is 1. The first-order valence-electron chi connectivity index (χ1n) is 10.3. The van der Waals surface area contributed by atoms with E-state index in [1.807, 2.05) is 4.72 Å². The first-order valence-corrected chi connectivity index (χ1v) is 11.7. The van der Waals surface area contributed by atoms with Crippen LogP contribution in [0.3, 0.4) is 0 Å². The van der Waals surface area contributed by atoms with E-state index in [2.05, 4.69) is 9.99 Å². The van der Waals surface area contributed by atoms with Gasteiger partial charge >= 0.3 is 17.7 Å². The minimum Gasteiger partial charge on any atom is -0.497 e. The van der Waals surface area contributed by atoms with Gasteiger partial charge in [0, 0.05) is 6.42 Å². The number of alkyl halides is 3. The first kappa shape index (κ1) is 29.7. The lowest BCUT2D eigenvalue weighted by Crippen LogP contribution is -2.48. The second kappa shape index (κ2) is 11.3. The normalized spacial score (nSPS) is 13.1. The average Bonchev–Trinajstić information content (AvgIpc) is 2.83. The molecule has 0 saturated carbocycles. The fraction of sp³-hybridized carbons (Fsp3) is 0.300. The average molecular weight is 564 g/mol. The number of sulfonamides is 1. The second-order valence-electron chi connectivity index (χ2n) is 7.69. The van der Waals surface area contributed by atoms with E-state index >= 15 is 0 Å². The molecule has 0 bridgehead atoms. The molecule has 1 amide bonds. The largest absolute Gasteiger partial charge is 0.497 e. The van der Waals surface area contributed by atoms with Gasteiger partial charge in [0.05, 0.1) is 23.1 Å². The highest BCUT2D eigenvalue weighted by atomic mass is 32.2. The Labute approximate surface area is 213 Å². The molecule has 1 heterocycles. The van der Waals surface area contributed by atoms with Gasteiger partial charge < -0.3 is 31.6 Å². The quantitative estimate of drug-likeness (QED) is 0.119. The lowest BCUT2D eigenvalue weighted by atomic mass is 9.82. The summed E-state index contributed by atoms with van der Waals surface area (Å²) in [6.07, 6.45) is -5.98. The molecule has 7 N–H and O–H groups in total. The Kier molecular flexibility index (Phi) is 8.83. The van der Waals surface area contributed by atoms with Crippen LogP contribution in [0.25, 0.3) is 0 Å². The minimum atomic E-state index is -5.56. The smallest absolute Gasteiger partial charge is 0.493 e. The Morgan fingerprint density at radius 3 is 2.18 bits per heavy atom. The standard InChI is InChI=1S/C20H23F3N6O8S/c1-19(16(24)31,9-10-36-27-18(25)26)14-8-7-13(15(30)29(14)37-17(32)20(21,22)23)28-38(33,34)12-5-3-11(35-2)4-6-12/h3-8,28H,9-10H2,1-2H3,(H2,24,31)(H4,25,26,27). The number of hydrogen-bond acceptors (Lipinski definition) is 9. The van der Waals surface area contributed by atoms with Gasteiger partial charge in [0.1, 0.15) is 18.0 Å². The van der Waals surface area contributed by atoms with Crippen molar-refractivity contribution in [2.45, 2.75) is 29.8 Å². The zero-order valence-electron chi connectivity index (χ0n) is 19.8. The van der Waals surface area contributed by atoms with Crippen LogP contribution < -0.4 is 37.1 Å². The van der Waals surface area contributed by atoms with E-state index in [1.165, 1.54) is 19.2 Å². The molecular formula is C20H23F3N6O8S. The zero-order chi connectivity index (χ0) is 28.9. The molecule has 18 heteroatoms. The Balaban J connectivity index is 2.62. The van der Waals surface area contributed by atoms with Gasteiger partial charge in [-0.1, -0.05) is 0 Å². The minimum absolute atomic E-state index is 0.174. The summed E-state index contributed by atoms with van der Waals surface area (Å²) in [6.45, 7) is 0.687.